The van der Waals surface area contributed by atoms with Crippen LogP contribution in [-0.4, -0.2) is 28.0 Å². The van der Waals surface area contributed by atoms with Crippen LogP contribution in [-0.2, 0) is 14.8 Å². The van der Waals surface area contributed by atoms with Crippen LogP contribution in [0.4, 0.5) is 5.69 Å². The zero-order valence-electron chi connectivity index (χ0n) is 20.4. The van der Waals surface area contributed by atoms with E-state index in [1.54, 1.807) is 19.2 Å². The van der Waals surface area contributed by atoms with Crippen molar-refractivity contribution in [2.24, 2.45) is 5.92 Å². The number of amides is 1. The Balaban J connectivity index is 1.91. The maximum atomic E-state index is 13.6. The monoisotopic (exact) mass is 514 g/mol. The van der Waals surface area contributed by atoms with Crippen LogP contribution in [0.5, 0.6) is 5.75 Å². The molecular formula is C27H31ClN2O4S. The molecule has 0 bridgehead atoms. The Morgan fingerprint density at radius 1 is 0.971 bits per heavy atom. The number of benzene rings is 3. The lowest BCUT2D eigenvalue weighted by atomic mass is 9.97. The Hall–Kier alpha value is -3.03. The smallest absolute Gasteiger partial charge is 0.264 e. The lowest BCUT2D eigenvalue weighted by Gasteiger charge is -2.27. The van der Waals surface area contributed by atoms with Crippen molar-refractivity contribution >= 4 is 33.2 Å². The van der Waals surface area contributed by atoms with E-state index in [2.05, 4.69) is 19.2 Å². The number of aryl methyl sites for hydroxylation is 1. The summed E-state index contributed by atoms with van der Waals surface area (Å²) in [6.45, 7) is 5.71. The lowest BCUT2D eigenvalue weighted by Crippen LogP contribution is -2.42. The number of anilines is 1. The molecule has 0 saturated heterocycles. The van der Waals surface area contributed by atoms with Crippen molar-refractivity contribution in [3.8, 4) is 5.75 Å². The number of carbonyl (C=O) groups excluding carboxylic acids is 1. The van der Waals surface area contributed by atoms with E-state index in [9.17, 15) is 13.2 Å². The Morgan fingerprint density at radius 2 is 1.57 bits per heavy atom. The fraction of sp³-hybridized carbons (Fsp3) is 0.296. The topological polar surface area (TPSA) is 75.7 Å². The predicted octanol–water partition coefficient (Wildman–Crippen LogP) is 5.76. The number of rotatable bonds is 10. The molecule has 0 aliphatic heterocycles. The number of hydrogen-bond donors (Lipinski definition) is 1. The Labute approximate surface area is 212 Å². The second-order valence-electron chi connectivity index (χ2n) is 8.82. The summed E-state index contributed by atoms with van der Waals surface area (Å²) in [5.74, 6) is 0.640. The molecule has 0 saturated carbocycles. The van der Waals surface area contributed by atoms with Crippen LogP contribution in [0.25, 0.3) is 0 Å². The average Bonchev–Trinajstić information content (AvgIpc) is 2.83. The van der Waals surface area contributed by atoms with Gasteiger partial charge in [-0.05, 0) is 73.4 Å². The van der Waals surface area contributed by atoms with Crippen LogP contribution in [0.3, 0.4) is 0 Å². The molecule has 0 unspecified atom stereocenters. The van der Waals surface area contributed by atoms with Crippen molar-refractivity contribution in [3.63, 3.8) is 0 Å². The molecule has 0 spiro atoms. The van der Waals surface area contributed by atoms with Gasteiger partial charge in [-0.25, -0.2) is 8.42 Å². The third-order valence-electron chi connectivity index (χ3n) is 5.57. The normalized spacial score (nSPS) is 12.3. The minimum Gasteiger partial charge on any atom is -0.497 e. The Morgan fingerprint density at radius 3 is 2.11 bits per heavy atom. The van der Waals surface area contributed by atoms with Crippen molar-refractivity contribution < 1.29 is 17.9 Å². The maximum absolute atomic E-state index is 13.6. The molecule has 0 fully saturated rings. The number of halogens is 1. The molecule has 35 heavy (non-hydrogen) atoms. The Kier molecular flexibility index (Phi) is 8.81. The molecule has 3 aromatic rings. The van der Waals surface area contributed by atoms with Gasteiger partial charge in [0, 0.05) is 5.02 Å². The standard InChI is InChI=1S/C27H31ClN2O4S/c1-19(2)17-26(21-7-13-24(34-4)14-8-21)29-27(31)18-30(23-11-5-20(3)6-12-23)35(32,33)25-15-9-22(28)10-16-25/h5-16,19,26H,17-18H2,1-4H3,(H,29,31)/t26-/m0/s1. The molecule has 0 heterocycles. The van der Waals surface area contributed by atoms with Gasteiger partial charge < -0.3 is 10.1 Å². The highest BCUT2D eigenvalue weighted by atomic mass is 35.5. The van der Waals surface area contributed by atoms with E-state index in [1.165, 1.54) is 24.3 Å². The van der Waals surface area contributed by atoms with Gasteiger partial charge in [-0.3, -0.25) is 9.10 Å². The number of ether oxygens (including phenoxy) is 1. The zero-order valence-corrected chi connectivity index (χ0v) is 21.9. The molecule has 0 radical (unpaired) electrons. The summed E-state index contributed by atoms with van der Waals surface area (Å²) in [7, 11) is -2.41. The van der Waals surface area contributed by atoms with Gasteiger partial charge >= 0.3 is 0 Å². The molecule has 3 aromatic carbocycles. The van der Waals surface area contributed by atoms with Crippen molar-refractivity contribution in [3.05, 3.63) is 88.9 Å². The number of nitrogens with one attached hydrogen (secondary N) is 1. The van der Waals surface area contributed by atoms with Crippen LogP contribution < -0.4 is 14.4 Å². The van der Waals surface area contributed by atoms with Crippen molar-refractivity contribution in [1.29, 1.82) is 0 Å². The summed E-state index contributed by atoms with van der Waals surface area (Å²) in [6.07, 6.45) is 0.701. The number of nitrogens with zero attached hydrogens (tertiary/aromatic N) is 1. The molecule has 8 heteroatoms. The van der Waals surface area contributed by atoms with Gasteiger partial charge in [0.1, 0.15) is 12.3 Å². The molecule has 1 atom stereocenters. The second-order valence-corrected chi connectivity index (χ2v) is 11.1. The highest BCUT2D eigenvalue weighted by Gasteiger charge is 2.28. The van der Waals surface area contributed by atoms with Crippen molar-refractivity contribution in [1.82, 2.24) is 5.32 Å². The summed E-state index contributed by atoms with van der Waals surface area (Å²) in [5.41, 5.74) is 2.32. The van der Waals surface area contributed by atoms with Crippen LogP contribution in [0.1, 0.15) is 37.4 Å². The highest BCUT2D eigenvalue weighted by Crippen LogP contribution is 2.27. The fourth-order valence-corrected chi connectivity index (χ4v) is 5.26. The Bertz CT molecular complexity index is 1230. The number of carbonyl (C=O) groups is 1. The lowest BCUT2D eigenvalue weighted by molar-refractivity contribution is -0.120. The maximum Gasteiger partial charge on any atom is 0.264 e. The first-order valence-electron chi connectivity index (χ1n) is 11.4. The molecule has 0 aromatic heterocycles. The molecular weight excluding hydrogens is 484 g/mol. The summed E-state index contributed by atoms with van der Waals surface area (Å²) >= 11 is 5.96. The van der Waals surface area contributed by atoms with Crippen molar-refractivity contribution in [2.45, 2.75) is 38.1 Å². The van der Waals surface area contributed by atoms with Crippen LogP contribution in [0, 0.1) is 12.8 Å². The number of methoxy groups -OCH3 is 1. The SMILES string of the molecule is COc1ccc([C@H](CC(C)C)NC(=O)CN(c2ccc(C)cc2)S(=O)(=O)c2ccc(Cl)cc2)cc1. The number of hydrogen-bond acceptors (Lipinski definition) is 4. The summed E-state index contributed by atoms with van der Waals surface area (Å²) in [5, 5.41) is 3.47. The molecule has 3 rings (SSSR count). The van der Waals surface area contributed by atoms with E-state index in [0.717, 1.165) is 21.2 Å². The molecule has 1 N–H and O–H groups in total. The van der Waals surface area contributed by atoms with E-state index in [4.69, 9.17) is 16.3 Å². The van der Waals surface area contributed by atoms with Crippen LogP contribution in [0.2, 0.25) is 5.02 Å². The van der Waals surface area contributed by atoms with Gasteiger partial charge in [0.2, 0.25) is 5.91 Å². The number of sulfonamides is 1. The van der Waals surface area contributed by atoms with Gasteiger partial charge in [0.15, 0.2) is 0 Å². The first kappa shape index (κ1) is 26.6. The van der Waals surface area contributed by atoms with E-state index in [1.807, 2.05) is 43.3 Å². The summed E-state index contributed by atoms with van der Waals surface area (Å²) < 4.78 is 33.5. The molecule has 0 aliphatic rings. The van der Waals surface area contributed by atoms with E-state index in [-0.39, 0.29) is 17.5 Å². The van der Waals surface area contributed by atoms with Gasteiger partial charge in [-0.1, -0.05) is 55.3 Å². The average molecular weight is 515 g/mol. The van der Waals surface area contributed by atoms with Gasteiger partial charge in [-0.15, -0.1) is 0 Å². The summed E-state index contributed by atoms with van der Waals surface area (Å²) in [4.78, 5) is 13.3. The largest absolute Gasteiger partial charge is 0.497 e. The third kappa shape index (κ3) is 6.99. The summed E-state index contributed by atoms with van der Waals surface area (Å²) in [6, 6.07) is 20.2. The third-order valence-corrected chi connectivity index (χ3v) is 7.61. The highest BCUT2D eigenvalue weighted by molar-refractivity contribution is 7.92. The quantitative estimate of drug-likeness (QED) is 0.373. The van der Waals surface area contributed by atoms with Crippen LogP contribution >= 0.6 is 11.6 Å². The first-order chi connectivity index (χ1) is 16.6. The van der Waals surface area contributed by atoms with Crippen molar-refractivity contribution in [2.75, 3.05) is 18.0 Å². The van der Waals surface area contributed by atoms with Gasteiger partial charge in [-0.2, -0.15) is 0 Å². The first-order valence-corrected chi connectivity index (χ1v) is 13.2. The zero-order chi connectivity index (χ0) is 25.6. The fourth-order valence-electron chi connectivity index (χ4n) is 3.72. The molecule has 186 valence electrons. The van der Waals surface area contributed by atoms with E-state index < -0.39 is 15.9 Å². The molecule has 1 amide bonds. The predicted molar refractivity (Wildman–Crippen MR) is 140 cm³/mol. The van der Waals surface area contributed by atoms with Crippen LogP contribution in [0.15, 0.2) is 77.7 Å². The minimum atomic E-state index is -4.01. The molecule has 0 aliphatic carbocycles. The van der Waals surface area contributed by atoms with Gasteiger partial charge in [0.05, 0.1) is 23.7 Å². The second kappa shape index (κ2) is 11.6. The van der Waals surface area contributed by atoms with Gasteiger partial charge in [0.25, 0.3) is 10.0 Å². The molecule has 6 nitrogen and oxygen atoms in total. The van der Waals surface area contributed by atoms with E-state index >= 15 is 0 Å². The van der Waals surface area contributed by atoms with E-state index in [0.29, 0.717) is 23.0 Å². The minimum absolute atomic E-state index is 0.0594.